The average molecular weight is 533 g/mol. The molecule has 0 saturated carbocycles. The summed E-state index contributed by atoms with van der Waals surface area (Å²) >= 11 is 1.91. The van der Waals surface area contributed by atoms with Crippen molar-refractivity contribution in [3.63, 3.8) is 0 Å². The molecule has 4 rings (SSSR count). The number of ether oxygens (including phenoxy) is 1. The number of fused-ring (bicyclic) bond motifs is 1. The summed E-state index contributed by atoms with van der Waals surface area (Å²) < 4.78 is 13.0. The van der Waals surface area contributed by atoms with Crippen molar-refractivity contribution in [2.24, 2.45) is 0 Å². The Balaban J connectivity index is 1.41. The molecule has 0 bridgehead atoms. The number of piperidine rings is 1. The maximum atomic E-state index is 12.9. The van der Waals surface area contributed by atoms with Crippen LogP contribution >= 0.6 is 23.0 Å². The molecule has 7 nitrogen and oxygen atoms in total. The molecular formula is C23H24IN3O4. The lowest BCUT2D eigenvalue weighted by Gasteiger charge is -2.40. The van der Waals surface area contributed by atoms with E-state index in [4.69, 9.17) is 7.80 Å². The molecule has 1 saturated heterocycles. The number of aryl methyl sites for hydroxylation is 1. The summed E-state index contributed by atoms with van der Waals surface area (Å²) in [6.07, 6.45) is 2.85. The molecule has 1 fully saturated rings. The quantitative estimate of drug-likeness (QED) is 0.454. The standard InChI is InChI=1S/C23H24IN3O4/c1-17-7-8-19-20(13-17)25-16-27(22(19)29)15-23(31-24)9-11-26(12-10-23)21(28)14-30-18-5-3-2-4-6-18/h2-8,13,16H,9-12,14-15H2,1H3. The first-order valence-corrected chi connectivity index (χ1v) is 11.1. The fraction of sp³-hybridized carbons (Fsp3) is 0.348. The van der Waals surface area contributed by atoms with Gasteiger partial charge in [0.25, 0.3) is 11.5 Å². The van der Waals surface area contributed by atoms with E-state index in [0.717, 1.165) is 5.56 Å². The first-order chi connectivity index (χ1) is 15.0. The third kappa shape index (κ3) is 4.90. The number of rotatable bonds is 6. The number of benzene rings is 2. The molecule has 8 heteroatoms. The molecule has 2 aromatic carbocycles. The van der Waals surface area contributed by atoms with Crippen LogP contribution < -0.4 is 10.3 Å². The topological polar surface area (TPSA) is 73.7 Å². The van der Waals surface area contributed by atoms with Crippen molar-refractivity contribution in [3.8, 4) is 5.75 Å². The Kier molecular flexibility index (Phi) is 6.57. The molecule has 31 heavy (non-hydrogen) atoms. The van der Waals surface area contributed by atoms with Gasteiger partial charge in [-0.2, -0.15) is 0 Å². The van der Waals surface area contributed by atoms with Gasteiger partial charge >= 0.3 is 0 Å². The summed E-state index contributed by atoms with van der Waals surface area (Å²) in [5, 5.41) is 0.599. The van der Waals surface area contributed by atoms with E-state index < -0.39 is 5.60 Å². The minimum Gasteiger partial charge on any atom is -0.484 e. The molecule has 1 aromatic heterocycles. The van der Waals surface area contributed by atoms with Crippen LogP contribution in [0.15, 0.2) is 59.7 Å². The number of hydrogen-bond acceptors (Lipinski definition) is 5. The molecule has 0 atom stereocenters. The second-order valence-corrected chi connectivity index (χ2v) is 8.38. The van der Waals surface area contributed by atoms with Crippen LogP contribution in [0.5, 0.6) is 5.75 Å². The Morgan fingerprint density at radius 1 is 1.16 bits per heavy atom. The van der Waals surface area contributed by atoms with Crippen molar-refractivity contribution in [1.82, 2.24) is 14.5 Å². The van der Waals surface area contributed by atoms with Gasteiger partial charge in [0, 0.05) is 13.1 Å². The van der Waals surface area contributed by atoms with Crippen molar-refractivity contribution in [3.05, 3.63) is 70.8 Å². The van der Waals surface area contributed by atoms with Gasteiger partial charge in [0.2, 0.25) is 0 Å². The molecule has 2 heterocycles. The molecule has 162 valence electrons. The fourth-order valence-electron chi connectivity index (χ4n) is 3.87. The van der Waals surface area contributed by atoms with E-state index >= 15 is 0 Å². The van der Waals surface area contributed by atoms with E-state index in [0.29, 0.717) is 49.1 Å². The number of amides is 1. The molecule has 3 aromatic rings. The number of likely N-dealkylation sites (tertiary alicyclic amines) is 1. The lowest BCUT2D eigenvalue weighted by molar-refractivity contribution is -0.136. The largest absolute Gasteiger partial charge is 0.484 e. The highest BCUT2D eigenvalue weighted by molar-refractivity contribution is 14.1. The van der Waals surface area contributed by atoms with Crippen LogP contribution in [0.25, 0.3) is 10.9 Å². The molecular weight excluding hydrogens is 509 g/mol. The zero-order chi connectivity index (χ0) is 21.8. The van der Waals surface area contributed by atoms with Crippen LogP contribution in [-0.2, 0) is 14.4 Å². The van der Waals surface area contributed by atoms with Crippen molar-refractivity contribution in [2.75, 3.05) is 19.7 Å². The van der Waals surface area contributed by atoms with E-state index in [-0.39, 0.29) is 18.1 Å². The van der Waals surface area contributed by atoms with E-state index in [1.165, 1.54) is 0 Å². The predicted octanol–water partition coefficient (Wildman–Crippen LogP) is 3.51. The Labute approximate surface area is 194 Å². The van der Waals surface area contributed by atoms with E-state index in [1.807, 2.05) is 78.5 Å². The number of nitrogens with zero attached hydrogens (tertiary/aromatic N) is 3. The highest BCUT2D eigenvalue weighted by Gasteiger charge is 2.37. The monoisotopic (exact) mass is 533 g/mol. The van der Waals surface area contributed by atoms with E-state index in [9.17, 15) is 9.59 Å². The number of halogens is 1. The summed E-state index contributed by atoms with van der Waals surface area (Å²) in [6.45, 7) is 3.49. The second kappa shape index (κ2) is 9.35. The van der Waals surface area contributed by atoms with Crippen molar-refractivity contribution < 1.29 is 12.6 Å². The fourth-order valence-corrected chi connectivity index (χ4v) is 4.45. The summed E-state index contributed by atoms with van der Waals surface area (Å²) in [5.74, 6) is 0.627. The van der Waals surface area contributed by atoms with Crippen molar-refractivity contribution >= 4 is 39.8 Å². The van der Waals surface area contributed by atoms with Gasteiger partial charge in [-0.25, -0.2) is 4.98 Å². The normalized spacial score (nSPS) is 15.7. The lowest BCUT2D eigenvalue weighted by Crippen LogP contribution is -2.50. The summed E-state index contributed by atoms with van der Waals surface area (Å²) in [6, 6.07) is 15.0. The SMILES string of the molecule is Cc1ccc2c(=O)n(CC3(OI)CCN(C(=O)COc4ccccc4)CC3)cnc2c1. The Bertz CT molecular complexity index is 1120. The van der Waals surface area contributed by atoms with Gasteiger partial charge in [0.15, 0.2) is 6.61 Å². The van der Waals surface area contributed by atoms with Crippen LogP contribution in [0.3, 0.4) is 0 Å². The van der Waals surface area contributed by atoms with E-state index in [2.05, 4.69) is 4.98 Å². The molecule has 0 radical (unpaired) electrons. The summed E-state index contributed by atoms with van der Waals surface area (Å²) in [7, 11) is 0. The van der Waals surface area contributed by atoms with Gasteiger partial charge in [-0.15, -0.1) is 0 Å². The van der Waals surface area contributed by atoms with E-state index in [1.54, 1.807) is 15.8 Å². The van der Waals surface area contributed by atoms with Crippen LogP contribution in [0, 0.1) is 6.92 Å². The maximum Gasteiger partial charge on any atom is 0.261 e. The lowest BCUT2D eigenvalue weighted by atomic mass is 9.91. The van der Waals surface area contributed by atoms with Crippen molar-refractivity contribution in [1.29, 1.82) is 0 Å². The van der Waals surface area contributed by atoms with Crippen molar-refractivity contribution in [2.45, 2.75) is 31.9 Å². The molecule has 1 amide bonds. The number of carbonyl (C=O) groups is 1. The number of carbonyl (C=O) groups excluding carboxylic acids is 1. The van der Waals surface area contributed by atoms with Gasteiger partial charge in [0.05, 0.1) is 23.8 Å². The zero-order valence-electron chi connectivity index (χ0n) is 17.3. The highest BCUT2D eigenvalue weighted by Crippen LogP contribution is 2.30. The van der Waals surface area contributed by atoms with Gasteiger partial charge in [-0.1, -0.05) is 24.3 Å². The highest BCUT2D eigenvalue weighted by atomic mass is 127. The smallest absolute Gasteiger partial charge is 0.261 e. The van der Waals surface area contributed by atoms with Gasteiger partial charge < -0.3 is 12.7 Å². The number of para-hydroxylation sites is 1. The van der Waals surface area contributed by atoms with Gasteiger partial charge in [-0.3, -0.25) is 14.2 Å². The summed E-state index contributed by atoms with van der Waals surface area (Å²) in [4.78, 5) is 31.7. The third-order valence-electron chi connectivity index (χ3n) is 5.74. The molecule has 0 aliphatic carbocycles. The van der Waals surface area contributed by atoms with Crippen LogP contribution in [0.2, 0.25) is 0 Å². The van der Waals surface area contributed by atoms with Crippen LogP contribution in [-0.4, -0.2) is 45.7 Å². The average Bonchev–Trinajstić information content (AvgIpc) is 2.80. The Hall–Kier alpha value is -2.46. The van der Waals surface area contributed by atoms with Gasteiger partial charge in [0.1, 0.15) is 34.4 Å². The zero-order valence-corrected chi connectivity index (χ0v) is 19.4. The molecule has 0 unspecified atom stereocenters. The predicted molar refractivity (Wildman–Crippen MR) is 126 cm³/mol. The second-order valence-electron chi connectivity index (χ2n) is 7.94. The Morgan fingerprint density at radius 2 is 1.90 bits per heavy atom. The first-order valence-electron chi connectivity index (χ1n) is 10.2. The number of aromatic nitrogens is 2. The third-order valence-corrected chi connectivity index (χ3v) is 6.67. The first kappa shape index (κ1) is 21.8. The summed E-state index contributed by atoms with van der Waals surface area (Å²) in [5.41, 5.74) is 1.16. The Morgan fingerprint density at radius 3 is 2.61 bits per heavy atom. The molecule has 0 spiro atoms. The number of hydrogen-bond donors (Lipinski definition) is 0. The minimum absolute atomic E-state index is 0.00950. The molecule has 0 N–H and O–H groups in total. The van der Waals surface area contributed by atoms with Crippen LogP contribution in [0.4, 0.5) is 0 Å². The molecule has 1 aliphatic rings. The van der Waals surface area contributed by atoms with Crippen LogP contribution in [0.1, 0.15) is 18.4 Å². The maximum absolute atomic E-state index is 12.9. The van der Waals surface area contributed by atoms with Gasteiger partial charge in [-0.05, 0) is 49.6 Å². The minimum atomic E-state index is -0.526. The molecule has 1 aliphatic heterocycles.